The van der Waals surface area contributed by atoms with Crippen LogP contribution < -0.4 is 9.47 Å². The SMILES string of the molecule is CCC1CCCCN1C(=O)CSc1ncc(-c2ccc3c(c2)OCCO3)n1CC. The van der Waals surface area contributed by atoms with Gasteiger partial charge in [-0.25, -0.2) is 4.98 Å². The van der Waals surface area contributed by atoms with Gasteiger partial charge in [0.2, 0.25) is 5.91 Å². The van der Waals surface area contributed by atoms with Crippen LogP contribution in [0.25, 0.3) is 11.3 Å². The summed E-state index contributed by atoms with van der Waals surface area (Å²) in [6.45, 7) is 7.12. The molecule has 0 bridgehead atoms. The number of fused-ring (bicyclic) bond motifs is 1. The van der Waals surface area contributed by atoms with Crippen molar-refractivity contribution in [2.45, 2.75) is 57.3 Å². The summed E-state index contributed by atoms with van der Waals surface area (Å²) in [7, 11) is 0. The Morgan fingerprint density at radius 2 is 2.03 bits per heavy atom. The van der Waals surface area contributed by atoms with E-state index in [1.165, 1.54) is 18.2 Å². The van der Waals surface area contributed by atoms with Crippen LogP contribution in [-0.2, 0) is 11.3 Å². The molecule has 1 atom stereocenters. The van der Waals surface area contributed by atoms with Gasteiger partial charge in [-0.15, -0.1) is 0 Å². The van der Waals surface area contributed by atoms with Crippen molar-refractivity contribution in [1.82, 2.24) is 14.5 Å². The number of hydrogen-bond acceptors (Lipinski definition) is 5. The summed E-state index contributed by atoms with van der Waals surface area (Å²) < 4.78 is 13.5. The summed E-state index contributed by atoms with van der Waals surface area (Å²) in [5.74, 6) is 2.23. The van der Waals surface area contributed by atoms with Crippen LogP contribution in [0.3, 0.4) is 0 Å². The predicted molar refractivity (Wildman–Crippen MR) is 115 cm³/mol. The van der Waals surface area contributed by atoms with E-state index in [-0.39, 0.29) is 5.91 Å². The Hall–Kier alpha value is -2.15. The van der Waals surface area contributed by atoms with Crippen molar-refractivity contribution in [3.05, 3.63) is 24.4 Å². The predicted octanol–water partition coefficient (Wildman–Crippen LogP) is 4.22. The van der Waals surface area contributed by atoms with Crippen molar-refractivity contribution in [2.24, 2.45) is 0 Å². The summed E-state index contributed by atoms with van der Waals surface area (Å²) in [5.41, 5.74) is 2.08. The number of carbonyl (C=O) groups excluding carboxylic acids is 1. The number of thioether (sulfide) groups is 1. The molecule has 0 aliphatic carbocycles. The smallest absolute Gasteiger partial charge is 0.233 e. The number of benzene rings is 1. The summed E-state index contributed by atoms with van der Waals surface area (Å²) >= 11 is 1.53. The first-order chi connectivity index (χ1) is 14.2. The molecule has 1 amide bonds. The number of likely N-dealkylation sites (tertiary alicyclic amines) is 1. The number of ether oxygens (including phenoxy) is 2. The molecule has 0 spiro atoms. The first-order valence-electron chi connectivity index (χ1n) is 10.6. The summed E-state index contributed by atoms with van der Waals surface area (Å²) in [6.07, 6.45) is 6.40. The van der Waals surface area contributed by atoms with Gasteiger partial charge >= 0.3 is 0 Å². The lowest BCUT2D eigenvalue weighted by atomic mass is 10.0. The number of nitrogens with zero attached hydrogens (tertiary/aromatic N) is 3. The van der Waals surface area contributed by atoms with E-state index in [9.17, 15) is 4.79 Å². The fourth-order valence-corrected chi connectivity index (χ4v) is 5.10. The van der Waals surface area contributed by atoms with Crippen molar-refractivity contribution in [1.29, 1.82) is 0 Å². The van der Waals surface area contributed by atoms with Crippen LogP contribution in [0.4, 0.5) is 0 Å². The molecule has 3 heterocycles. The van der Waals surface area contributed by atoms with Gasteiger partial charge in [-0.3, -0.25) is 4.79 Å². The third-order valence-electron chi connectivity index (χ3n) is 5.72. The van der Waals surface area contributed by atoms with E-state index in [2.05, 4.69) is 28.3 Å². The minimum atomic E-state index is 0.230. The molecule has 6 nitrogen and oxygen atoms in total. The zero-order valence-corrected chi connectivity index (χ0v) is 18.0. The van der Waals surface area contributed by atoms with E-state index in [0.717, 1.165) is 60.3 Å². The van der Waals surface area contributed by atoms with Crippen LogP contribution in [0.5, 0.6) is 11.5 Å². The second-order valence-corrected chi connectivity index (χ2v) is 8.40. The Labute approximate surface area is 176 Å². The molecule has 0 saturated carbocycles. The van der Waals surface area contributed by atoms with Crippen LogP contribution in [-0.4, -0.2) is 51.9 Å². The molecule has 1 aromatic carbocycles. The second kappa shape index (κ2) is 9.11. The Morgan fingerprint density at radius 3 is 2.83 bits per heavy atom. The van der Waals surface area contributed by atoms with Gasteiger partial charge in [0, 0.05) is 24.7 Å². The Morgan fingerprint density at radius 1 is 1.21 bits per heavy atom. The van der Waals surface area contributed by atoms with Gasteiger partial charge in [0.05, 0.1) is 17.6 Å². The van der Waals surface area contributed by atoms with Crippen LogP contribution in [0.1, 0.15) is 39.5 Å². The van der Waals surface area contributed by atoms with Crippen molar-refractivity contribution in [3.8, 4) is 22.8 Å². The van der Waals surface area contributed by atoms with E-state index in [1.807, 2.05) is 24.4 Å². The van der Waals surface area contributed by atoms with Crippen LogP contribution >= 0.6 is 11.8 Å². The molecular weight excluding hydrogens is 386 g/mol. The molecule has 2 aliphatic heterocycles. The number of hydrogen-bond donors (Lipinski definition) is 0. The third kappa shape index (κ3) is 4.25. The van der Waals surface area contributed by atoms with Crippen LogP contribution in [0, 0.1) is 0 Å². The first kappa shape index (κ1) is 20.1. The number of aromatic nitrogens is 2. The molecule has 1 saturated heterocycles. The normalized spacial score (nSPS) is 18.7. The lowest BCUT2D eigenvalue weighted by Gasteiger charge is -2.35. The maximum Gasteiger partial charge on any atom is 0.233 e. The largest absolute Gasteiger partial charge is 0.486 e. The number of rotatable bonds is 6. The van der Waals surface area contributed by atoms with E-state index in [4.69, 9.17) is 9.47 Å². The summed E-state index contributed by atoms with van der Waals surface area (Å²) in [6, 6.07) is 6.40. The van der Waals surface area contributed by atoms with Gasteiger partial charge in [0.25, 0.3) is 0 Å². The number of imidazole rings is 1. The fraction of sp³-hybridized carbons (Fsp3) is 0.545. The minimum absolute atomic E-state index is 0.230. The van der Waals surface area contributed by atoms with Gasteiger partial charge < -0.3 is 18.9 Å². The quantitative estimate of drug-likeness (QED) is 0.661. The van der Waals surface area contributed by atoms with Crippen molar-refractivity contribution < 1.29 is 14.3 Å². The fourth-order valence-electron chi connectivity index (χ4n) is 4.18. The molecule has 2 aliphatic rings. The molecular formula is C22H29N3O3S. The maximum absolute atomic E-state index is 12.8. The molecule has 156 valence electrons. The zero-order chi connectivity index (χ0) is 20.2. The molecule has 7 heteroatoms. The van der Waals surface area contributed by atoms with E-state index in [0.29, 0.717) is 25.0 Å². The van der Waals surface area contributed by atoms with Crippen molar-refractivity contribution in [3.63, 3.8) is 0 Å². The molecule has 29 heavy (non-hydrogen) atoms. The second-order valence-electron chi connectivity index (χ2n) is 7.46. The Bertz CT molecular complexity index is 867. The molecule has 2 aromatic rings. The monoisotopic (exact) mass is 415 g/mol. The lowest BCUT2D eigenvalue weighted by molar-refractivity contribution is -0.132. The highest BCUT2D eigenvalue weighted by Gasteiger charge is 2.25. The van der Waals surface area contributed by atoms with Gasteiger partial charge in [0.1, 0.15) is 13.2 Å². The highest BCUT2D eigenvalue weighted by molar-refractivity contribution is 7.99. The van der Waals surface area contributed by atoms with E-state index < -0.39 is 0 Å². The van der Waals surface area contributed by atoms with Gasteiger partial charge in [-0.2, -0.15) is 0 Å². The van der Waals surface area contributed by atoms with E-state index in [1.54, 1.807) is 0 Å². The number of amides is 1. The summed E-state index contributed by atoms with van der Waals surface area (Å²) in [4.78, 5) is 19.5. The van der Waals surface area contributed by atoms with Crippen LogP contribution in [0.15, 0.2) is 29.6 Å². The highest BCUT2D eigenvalue weighted by atomic mass is 32.2. The van der Waals surface area contributed by atoms with Gasteiger partial charge in [-0.1, -0.05) is 18.7 Å². The van der Waals surface area contributed by atoms with Gasteiger partial charge in [0.15, 0.2) is 16.7 Å². The number of carbonyl (C=O) groups is 1. The van der Waals surface area contributed by atoms with Crippen LogP contribution in [0.2, 0.25) is 0 Å². The standard InChI is InChI=1S/C22H29N3O3S/c1-3-17-7-5-6-10-25(17)21(26)15-29-22-23-14-18(24(22)4-2)16-8-9-19-20(13-16)28-12-11-27-19/h8-9,13-14,17H,3-7,10-12,15H2,1-2H3. The Balaban J connectivity index is 1.48. The topological polar surface area (TPSA) is 56.6 Å². The molecule has 1 unspecified atom stereocenters. The third-order valence-corrected chi connectivity index (χ3v) is 6.69. The first-order valence-corrected chi connectivity index (χ1v) is 11.6. The number of piperidine rings is 1. The lowest BCUT2D eigenvalue weighted by Crippen LogP contribution is -2.44. The average molecular weight is 416 g/mol. The van der Waals surface area contributed by atoms with Crippen molar-refractivity contribution >= 4 is 17.7 Å². The summed E-state index contributed by atoms with van der Waals surface area (Å²) in [5, 5.41) is 0.885. The van der Waals surface area contributed by atoms with E-state index >= 15 is 0 Å². The van der Waals surface area contributed by atoms with Gasteiger partial charge in [-0.05, 0) is 50.8 Å². The molecule has 0 radical (unpaired) electrons. The molecule has 0 N–H and O–H groups in total. The minimum Gasteiger partial charge on any atom is -0.486 e. The maximum atomic E-state index is 12.8. The van der Waals surface area contributed by atoms with Crippen molar-refractivity contribution in [2.75, 3.05) is 25.5 Å². The Kier molecular flexibility index (Phi) is 6.33. The highest BCUT2D eigenvalue weighted by Crippen LogP contribution is 2.35. The molecule has 4 rings (SSSR count). The molecule has 1 fully saturated rings. The zero-order valence-electron chi connectivity index (χ0n) is 17.2. The molecule has 1 aromatic heterocycles. The average Bonchev–Trinajstić information content (AvgIpc) is 3.20.